The van der Waals surface area contributed by atoms with Crippen molar-refractivity contribution in [2.45, 2.75) is 52.4 Å². The van der Waals surface area contributed by atoms with E-state index in [0.29, 0.717) is 25.0 Å². The Kier molecular flexibility index (Phi) is 7.92. The zero-order chi connectivity index (χ0) is 23.0. The van der Waals surface area contributed by atoms with Gasteiger partial charge >= 0.3 is 5.97 Å². The lowest BCUT2D eigenvalue weighted by Gasteiger charge is -2.31. The zero-order valence-electron chi connectivity index (χ0n) is 19.7. The molecule has 7 heteroatoms. The van der Waals surface area contributed by atoms with Crippen molar-refractivity contribution in [3.05, 3.63) is 47.9 Å². The predicted octanol–water partition coefficient (Wildman–Crippen LogP) is 4.48. The van der Waals surface area contributed by atoms with Crippen molar-refractivity contribution in [1.29, 1.82) is 0 Å². The van der Waals surface area contributed by atoms with Gasteiger partial charge < -0.3 is 14.4 Å². The standard InChI is InChI=1S/C26H34N4O3/c1-3-19-15-28-26(29-16-19)30-13-11-20(12-14-30)18-33-24-10-9-23(17-27-24)21-5-7-22(8-6-21)25(31)32-4-2/h5,9-10,15-17,20,22H,3-4,6-8,11-14,18H2,1-2H3. The molecule has 1 fully saturated rings. The van der Waals surface area contributed by atoms with Crippen LogP contribution in [0.5, 0.6) is 5.88 Å². The number of nitrogens with zero attached hydrogens (tertiary/aromatic N) is 4. The van der Waals surface area contributed by atoms with Gasteiger partial charge in [0.1, 0.15) is 0 Å². The number of anilines is 1. The van der Waals surface area contributed by atoms with Crippen LogP contribution in [0.15, 0.2) is 36.8 Å². The highest BCUT2D eigenvalue weighted by Crippen LogP contribution is 2.31. The van der Waals surface area contributed by atoms with Crippen molar-refractivity contribution in [3.63, 3.8) is 0 Å². The molecule has 7 nitrogen and oxygen atoms in total. The van der Waals surface area contributed by atoms with Crippen LogP contribution in [-0.4, -0.2) is 47.2 Å². The number of hydrogen-bond donors (Lipinski definition) is 0. The third-order valence-corrected chi connectivity index (χ3v) is 6.60. The molecule has 0 amide bonds. The lowest BCUT2D eigenvalue weighted by Crippen LogP contribution is -2.36. The summed E-state index contributed by atoms with van der Waals surface area (Å²) >= 11 is 0. The zero-order valence-corrected chi connectivity index (χ0v) is 19.7. The van der Waals surface area contributed by atoms with Crippen molar-refractivity contribution in [3.8, 4) is 5.88 Å². The van der Waals surface area contributed by atoms with Crippen molar-refractivity contribution < 1.29 is 14.3 Å². The quantitative estimate of drug-likeness (QED) is 0.549. The third kappa shape index (κ3) is 6.09. The summed E-state index contributed by atoms with van der Waals surface area (Å²) in [7, 11) is 0. The molecule has 0 N–H and O–H groups in total. The number of hydrogen-bond acceptors (Lipinski definition) is 7. The molecule has 4 rings (SSSR count). The number of piperidine rings is 1. The minimum atomic E-state index is -0.0811. The molecule has 1 aliphatic heterocycles. The number of aryl methyl sites for hydroxylation is 1. The highest BCUT2D eigenvalue weighted by atomic mass is 16.5. The topological polar surface area (TPSA) is 77.4 Å². The average Bonchev–Trinajstić information content (AvgIpc) is 2.88. The van der Waals surface area contributed by atoms with Crippen molar-refractivity contribution in [1.82, 2.24) is 15.0 Å². The summed E-state index contributed by atoms with van der Waals surface area (Å²) in [5.74, 6) is 1.91. The van der Waals surface area contributed by atoms with Gasteiger partial charge in [-0.25, -0.2) is 15.0 Å². The summed E-state index contributed by atoms with van der Waals surface area (Å²) in [6, 6.07) is 4.02. The Morgan fingerprint density at radius 2 is 1.85 bits per heavy atom. The maximum absolute atomic E-state index is 11.9. The maximum Gasteiger partial charge on any atom is 0.309 e. The van der Waals surface area contributed by atoms with Gasteiger partial charge in [0.05, 0.1) is 19.1 Å². The number of carbonyl (C=O) groups excluding carboxylic acids is 1. The molecule has 2 aromatic rings. The molecular weight excluding hydrogens is 416 g/mol. The van der Waals surface area contributed by atoms with E-state index in [1.165, 1.54) is 11.1 Å². The SMILES string of the molecule is CCOC(=O)C1CC=C(c2ccc(OCC3CCN(c4ncc(CC)cn4)CC3)nc2)CC1. The Morgan fingerprint density at radius 1 is 1.06 bits per heavy atom. The van der Waals surface area contributed by atoms with Gasteiger partial charge in [0, 0.05) is 37.7 Å². The molecule has 2 aromatic heterocycles. The summed E-state index contributed by atoms with van der Waals surface area (Å²) in [5.41, 5.74) is 3.52. The second kappa shape index (κ2) is 11.3. The molecule has 1 atom stereocenters. The van der Waals surface area contributed by atoms with E-state index in [4.69, 9.17) is 9.47 Å². The molecule has 0 radical (unpaired) electrons. The molecule has 176 valence electrons. The highest BCUT2D eigenvalue weighted by Gasteiger charge is 2.24. The third-order valence-electron chi connectivity index (χ3n) is 6.60. The van der Waals surface area contributed by atoms with E-state index >= 15 is 0 Å². The Bertz CT molecular complexity index is 935. The van der Waals surface area contributed by atoms with Gasteiger partial charge in [-0.1, -0.05) is 13.0 Å². The molecule has 0 saturated carbocycles. The predicted molar refractivity (Wildman–Crippen MR) is 128 cm³/mol. The maximum atomic E-state index is 11.9. The van der Waals surface area contributed by atoms with Crippen LogP contribution in [0.1, 0.15) is 57.1 Å². The Morgan fingerprint density at radius 3 is 2.45 bits per heavy atom. The lowest BCUT2D eigenvalue weighted by molar-refractivity contribution is -0.148. The summed E-state index contributed by atoms with van der Waals surface area (Å²) in [5, 5.41) is 0. The van der Waals surface area contributed by atoms with E-state index in [-0.39, 0.29) is 11.9 Å². The van der Waals surface area contributed by atoms with Crippen LogP contribution in [0.2, 0.25) is 0 Å². The van der Waals surface area contributed by atoms with Crippen LogP contribution < -0.4 is 9.64 Å². The number of esters is 1. The van der Waals surface area contributed by atoms with Gasteiger partial charge in [-0.15, -0.1) is 0 Å². The molecule has 2 aliphatic rings. The van der Waals surface area contributed by atoms with Crippen LogP contribution in [0, 0.1) is 11.8 Å². The van der Waals surface area contributed by atoms with Crippen LogP contribution in [0.25, 0.3) is 5.57 Å². The second-order valence-electron chi connectivity index (χ2n) is 8.82. The average molecular weight is 451 g/mol. The first-order chi connectivity index (χ1) is 16.2. The summed E-state index contributed by atoms with van der Waals surface area (Å²) < 4.78 is 11.1. The minimum Gasteiger partial charge on any atom is -0.477 e. The monoisotopic (exact) mass is 450 g/mol. The summed E-state index contributed by atoms with van der Waals surface area (Å²) in [6.07, 6.45) is 13.4. The number of pyridine rings is 1. The van der Waals surface area contributed by atoms with Gasteiger partial charge in [0.15, 0.2) is 0 Å². The van der Waals surface area contributed by atoms with E-state index in [2.05, 4.69) is 38.9 Å². The van der Waals surface area contributed by atoms with Gasteiger partial charge in [0.2, 0.25) is 11.8 Å². The highest BCUT2D eigenvalue weighted by molar-refractivity contribution is 5.75. The Hall–Kier alpha value is -2.96. The Labute approximate surface area is 196 Å². The number of ether oxygens (including phenoxy) is 2. The first kappa shape index (κ1) is 23.2. The van der Waals surface area contributed by atoms with Crippen LogP contribution in [-0.2, 0) is 16.0 Å². The van der Waals surface area contributed by atoms with E-state index < -0.39 is 0 Å². The minimum absolute atomic E-state index is 0.0158. The fourth-order valence-corrected chi connectivity index (χ4v) is 4.42. The van der Waals surface area contributed by atoms with Crippen molar-refractivity contribution in [2.75, 3.05) is 31.2 Å². The lowest BCUT2D eigenvalue weighted by atomic mass is 9.87. The molecule has 0 bridgehead atoms. The second-order valence-corrected chi connectivity index (χ2v) is 8.82. The smallest absolute Gasteiger partial charge is 0.309 e. The molecule has 33 heavy (non-hydrogen) atoms. The van der Waals surface area contributed by atoms with Gasteiger partial charge in [-0.2, -0.15) is 0 Å². The van der Waals surface area contributed by atoms with Crippen LogP contribution in [0.3, 0.4) is 0 Å². The first-order valence-electron chi connectivity index (χ1n) is 12.2. The Balaban J connectivity index is 1.22. The normalized spacial score (nSPS) is 19.2. The molecule has 0 spiro atoms. The van der Waals surface area contributed by atoms with Gasteiger partial charge in [0.25, 0.3) is 0 Å². The van der Waals surface area contributed by atoms with Crippen LogP contribution >= 0.6 is 0 Å². The molecule has 1 aliphatic carbocycles. The number of allylic oxidation sites excluding steroid dienone is 2. The molecular formula is C26H34N4O3. The first-order valence-corrected chi connectivity index (χ1v) is 12.2. The number of carbonyl (C=O) groups is 1. The molecule has 1 unspecified atom stereocenters. The fourth-order valence-electron chi connectivity index (χ4n) is 4.42. The summed E-state index contributed by atoms with van der Waals surface area (Å²) in [6.45, 7) is 6.99. The van der Waals surface area contributed by atoms with E-state index in [1.807, 2.05) is 31.6 Å². The van der Waals surface area contributed by atoms with Crippen molar-refractivity contribution >= 4 is 17.5 Å². The summed E-state index contributed by atoms with van der Waals surface area (Å²) in [4.78, 5) is 27.7. The van der Waals surface area contributed by atoms with E-state index in [0.717, 1.165) is 63.1 Å². The van der Waals surface area contributed by atoms with Gasteiger partial charge in [-0.3, -0.25) is 4.79 Å². The largest absolute Gasteiger partial charge is 0.477 e. The molecule has 1 saturated heterocycles. The number of aromatic nitrogens is 3. The van der Waals surface area contributed by atoms with E-state index in [9.17, 15) is 4.79 Å². The van der Waals surface area contributed by atoms with Gasteiger partial charge in [-0.05, 0) is 74.1 Å². The molecule has 0 aromatic carbocycles. The van der Waals surface area contributed by atoms with Crippen molar-refractivity contribution in [2.24, 2.45) is 11.8 Å². The number of rotatable bonds is 8. The van der Waals surface area contributed by atoms with E-state index in [1.54, 1.807) is 0 Å². The molecule has 3 heterocycles. The fraction of sp³-hybridized carbons (Fsp3) is 0.538. The van der Waals surface area contributed by atoms with Crippen LogP contribution in [0.4, 0.5) is 5.95 Å².